The minimum Gasteiger partial charge on any atom is -0.480 e. The van der Waals surface area contributed by atoms with Crippen molar-refractivity contribution in [3.63, 3.8) is 0 Å². The molecule has 0 aliphatic rings. The number of ether oxygens (including phenoxy) is 1. The number of para-hydroxylation sites is 1. The van der Waals surface area contributed by atoms with Crippen LogP contribution in [0.3, 0.4) is 0 Å². The summed E-state index contributed by atoms with van der Waals surface area (Å²) in [5, 5.41) is 3.71. The summed E-state index contributed by atoms with van der Waals surface area (Å²) in [7, 11) is 0. The summed E-state index contributed by atoms with van der Waals surface area (Å²) in [4.78, 5) is 12.3. The maximum absolute atomic E-state index is 12.3. The van der Waals surface area contributed by atoms with Gasteiger partial charge in [-0.1, -0.05) is 48.9 Å². The molecule has 1 atom stereocenters. The fourth-order valence-corrected chi connectivity index (χ4v) is 3.24. The third-order valence-corrected chi connectivity index (χ3v) is 5.04. The van der Waals surface area contributed by atoms with Gasteiger partial charge in [0.2, 0.25) is 0 Å². The molecule has 0 saturated carbocycles. The van der Waals surface area contributed by atoms with Gasteiger partial charge in [-0.15, -0.1) is 0 Å². The average molecular weight is 378 g/mol. The maximum atomic E-state index is 12.3. The molecule has 2 aromatic rings. The lowest BCUT2D eigenvalue weighted by atomic mass is 10.2. The van der Waals surface area contributed by atoms with Crippen molar-refractivity contribution in [2.24, 2.45) is 0 Å². The quantitative estimate of drug-likeness (QED) is 0.634. The molecule has 0 spiro atoms. The molecule has 0 bridgehead atoms. The second-order valence-electron chi connectivity index (χ2n) is 5.75. The molecule has 0 heterocycles. The predicted octanol–water partition coefficient (Wildman–Crippen LogP) is 4.86. The number of aryl methyl sites for hydroxylation is 1. The number of halogens is 1. The minimum atomic E-state index is -0.456. The van der Waals surface area contributed by atoms with Gasteiger partial charge < -0.3 is 10.1 Å². The molecular weight excluding hydrogens is 354 g/mol. The van der Waals surface area contributed by atoms with Gasteiger partial charge in [0.1, 0.15) is 5.75 Å². The van der Waals surface area contributed by atoms with Crippen LogP contribution < -0.4 is 10.1 Å². The number of benzene rings is 2. The van der Waals surface area contributed by atoms with Gasteiger partial charge in [0.15, 0.2) is 6.10 Å². The number of rotatable bonds is 9. The molecule has 134 valence electrons. The summed E-state index contributed by atoms with van der Waals surface area (Å²) in [6.45, 7) is 4.57. The first-order chi connectivity index (χ1) is 12.1. The molecule has 1 unspecified atom stereocenters. The minimum absolute atomic E-state index is 0.0576. The predicted molar refractivity (Wildman–Crippen MR) is 107 cm³/mol. The number of nitrogens with one attached hydrogen (secondary N) is 1. The molecule has 0 aromatic heterocycles. The zero-order valence-corrected chi connectivity index (χ0v) is 16.2. The van der Waals surface area contributed by atoms with Gasteiger partial charge in [-0.25, -0.2) is 0 Å². The normalized spacial score (nSPS) is 11.8. The second-order valence-corrected chi connectivity index (χ2v) is 7.29. The number of hydrogen-bond acceptors (Lipinski definition) is 3. The highest BCUT2D eigenvalue weighted by atomic mass is 35.5. The number of amides is 1. The van der Waals surface area contributed by atoms with E-state index in [1.165, 1.54) is 5.56 Å². The van der Waals surface area contributed by atoms with Gasteiger partial charge in [-0.05, 0) is 42.7 Å². The Bertz CT molecular complexity index is 676. The molecule has 0 aliphatic carbocycles. The number of carbonyl (C=O) groups is 1. The van der Waals surface area contributed by atoms with Crippen LogP contribution in [0.1, 0.15) is 24.5 Å². The SMILES string of the molecule is CCC(Oc1ccccc1C)C(=O)NCCSCc1ccc(Cl)cc1. The first kappa shape index (κ1) is 19.7. The van der Waals surface area contributed by atoms with Crippen LogP contribution in [-0.4, -0.2) is 24.3 Å². The van der Waals surface area contributed by atoms with E-state index in [4.69, 9.17) is 16.3 Å². The summed E-state index contributed by atoms with van der Waals surface area (Å²) in [5.41, 5.74) is 2.27. The Kier molecular flexibility index (Phi) is 8.16. The van der Waals surface area contributed by atoms with E-state index in [0.717, 1.165) is 27.8 Å². The summed E-state index contributed by atoms with van der Waals surface area (Å²) in [6, 6.07) is 15.6. The summed E-state index contributed by atoms with van der Waals surface area (Å²) in [6.07, 6.45) is 0.181. The largest absolute Gasteiger partial charge is 0.480 e. The van der Waals surface area contributed by atoms with E-state index in [1.54, 1.807) is 11.8 Å². The third kappa shape index (κ3) is 6.63. The Morgan fingerprint density at radius 2 is 1.92 bits per heavy atom. The van der Waals surface area contributed by atoms with E-state index in [9.17, 15) is 4.79 Å². The summed E-state index contributed by atoms with van der Waals surface area (Å²) >= 11 is 7.66. The van der Waals surface area contributed by atoms with Crippen LogP contribution in [-0.2, 0) is 10.5 Å². The van der Waals surface area contributed by atoms with Gasteiger partial charge >= 0.3 is 0 Å². The van der Waals surface area contributed by atoms with Gasteiger partial charge in [0.25, 0.3) is 5.91 Å². The lowest BCUT2D eigenvalue weighted by Gasteiger charge is -2.18. The van der Waals surface area contributed by atoms with Crippen molar-refractivity contribution in [1.82, 2.24) is 5.32 Å². The van der Waals surface area contributed by atoms with Gasteiger partial charge in [0, 0.05) is 23.1 Å². The van der Waals surface area contributed by atoms with Crippen LogP contribution in [0, 0.1) is 6.92 Å². The second kappa shape index (κ2) is 10.4. The zero-order valence-electron chi connectivity index (χ0n) is 14.6. The molecule has 0 saturated heterocycles. The van der Waals surface area contributed by atoms with Crippen molar-refractivity contribution in [1.29, 1.82) is 0 Å². The lowest BCUT2D eigenvalue weighted by molar-refractivity contribution is -0.128. The number of hydrogen-bond donors (Lipinski definition) is 1. The van der Waals surface area contributed by atoms with Crippen LogP contribution in [0.25, 0.3) is 0 Å². The molecule has 2 aromatic carbocycles. The van der Waals surface area contributed by atoms with Gasteiger partial charge in [0.05, 0.1) is 0 Å². The van der Waals surface area contributed by atoms with Crippen molar-refractivity contribution in [3.8, 4) is 5.75 Å². The molecule has 25 heavy (non-hydrogen) atoms. The topological polar surface area (TPSA) is 38.3 Å². The van der Waals surface area contributed by atoms with Crippen molar-refractivity contribution in [2.45, 2.75) is 32.1 Å². The fraction of sp³-hybridized carbons (Fsp3) is 0.350. The van der Waals surface area contributed by atoms with Crippen molar-refractivity contribution in [3.05, 3.63) is 64.7 Å². The highest BCUT2D eigenvalue weighted by Gasteiger charge is 2.18. The van der Waals surface area contributed by atoms with Crippen molar-refractivity contribution >= 4 is 29.3 Å². The Balaban J connectivity index is 1.71. The van der Waals surface area contributed by atoms with E-state index in [1.807, 2.05) is 62.4 Å². The van der Waals surface area contributed by atoms with Crippen LogP contribution >= 0.6 is 23.4 Å². The van der Waals surface area contributed by atoms with Crippen LogP contribution in [0.2, 0.25) is 5.02 Å². The fourth-order valence-electron chi connectivity index (χ4n) is 2.30. The Morgan fingerprint density at radius 3 is 2.60 bits per heavy atom. The third-order valence-electron chi connectivity index (χ3n) is 3.75. The van der Waals surface area contributed by atoms with E-state index in [0.29, 0.717) is 13.0 Å². The smallest absolute Gasteiger partial charge is 0.261 e. The summed E-state index contributed by atoms with van der Waals surface area (Å²) in [5.74, 6) is 2.47. The Hall–Kier alpha value is -1.65. The molecule has 1 amide bonds. The molecule has 0 fully saturated rings. The zero-order chi connectivity index (χ0) is 18.1. The molecule has 5 heteroatoms. The molecule has 2 rings (SSSR count). The maximum Gasteiger partial charge on any atom is 0.261 e. The Morgan fingerprint density at radius 1 is 1.20 bits per heavy atom. The van der Waals surface area contributed by atoms with Crippen molar-refractivity contribution < 1.29 is 9.53 Å². The first-order valence-corrected chi connectivity index (χ1v) is 9.95. The van der Waals surface area contributed by atoms with E-state index < -0.39 is 6.10 Å². The van der Waals surface area contributed by atoms with Gasteiger partial charge in [-0.2, -0.15) is 11.8 Å². The van der Waals surface area contributed by atoms with Crippen LogP contribution in [0.5, 0.6) is 5.75 Å². The number of carbonyl (C=O) groups excluding carboxylic acids is 1. The monoisotopic (exact) mass is 377 g/mol. The van der Waals surface area contributed by atoms with E-state index >= 15 is 0 Å². The first-order valence-electron chi connectivity index (χ1n) is 8.42. The number of thioether (sulfide) groups is 1. The Labute approximate surface area is 159 Å². The van der Waals surface area contributed by atoms with Crippen LogP contribution in [0.15, 0.2) is 48.5 Å². The van der Waals surface area contributed by atoms with E-state index in [2.05, 4.69) is 5.32 Å². The molecular formula is C20H24ClNO2S. The summed E-state index contributed by atoms with van der Waals surface area (Å²) < 4.78 is 5.86. The standard InChI is InChI=1S/C20H24ClNO2S/c1-3-18(24-19-7-5-4-6-15(19)2)20(23)22-12-13-25-14-16-8-10-17(21)11-9-16/h4-11,18H,3,12-14H2,1-2H3,(H,22,23). The molecule has 1 N–H and O–H groups in total. The van der Waals surface area contributed by atoms with E-state index in [-0.39, 0.29) is 5.91 Å². The lowest BCUT2D eigenvalue weighted by Crippen LogP contribution is -2.39. The molecule has 3 nitrogen and oxygen atoms in total. The average Bonchev–Trinajstić information content (AvgIpc) is 2.62. The van der Waals surface area contributed by atoms with Crippen LogP contribution in [0.4, 0.5) is 0 Å². The van der Waals surface area contributed by atoms with Gasteiger partial charge in [-0.3, -0.25) is 4.79 Å². The molecule has 0 radical (unpaired) electrons. The molecule has 0 aliphatic heterocycles. The highest BCUT2D eigenvalue weighted by Crippen LogP contribution is 2.19. The highest BCUT2D eigenvalue weighted by molar-refractivity contribution is 7.98. The van der Waals surface area contributed by atoms with Crippen molar-refractivity contribution in [2.75, 3.05) is 12.3 Å².